The molecular formula is C14H16N3S+. The van der Waals surface area contributed by atoms with E-state index in [1.54, 1.807) is 11.3 Å². The van der Waals surface area contributed by atoms with Crippen molar-refractivity contribution in [1.82, 2.24) is 0 Å². The number of aromatic nitrogens is 1. The molecule has 92 valence electrons. The highest BCUT2D eigenvalue weighted by atomic mass is 32.1. The van der Waals surface area contributed by atoms with Crippen molar-refractivity contribution >= 4 is 22.2 Å². The van der Waals surface area contributed by atoms with Crippen LogP contribution in [0.3, 0.4) is 0 Å². The number of thiazole rings is 1. The summed E-state index contributed by atoms with van der Waals surface area (Å²) in [5.74, 6) is 0.783. The quantitative estimate of drug-likeness (QED) is 0.581. The molecule has 0 atom stereocenters. The lowest BCUT2D eigenvalue weighted by molar-refractivity contribution is -0.654. The molecule has 1 aromatic carbocycles. The Morgan fingerprint density at radius 3 is 2.50 bits per heavy atom. The van der Waals surface area contributed by atoms with Crippen molar-refractivity contribution in [1.29, 1.82) is 0 Å². The van der Waals surface area contributed by atoms with Crippen molar-refractivity contribution in [2.45, 2.75) is 25.2 Å². The van der Waals surface area contributed by atoms with E-state index in [-0.39, 0.29) is 0 Å². The SMILES string of the molecule is C[n+]1ccsc1N=Nc1ccc(C2CCC2)cc1. The van der Waals surface area contributed by atoms with Gasteiger partial charge < -0.3 is 0 Å². The molecule has 3 rings (SSSR count). The van der Waals surface area contributed by atoms with E-state index in [0.717, 1.165) is 16.7 Å². The fraction of sp³-hybridized carbons (Fsp3) is 0.357. The number of aryl methyl sites for hydroxylation is 1. The zero-order chi connectivity index (χ0) is 12.4. The molecule has 0 spiro atoms. The van der Waals surface area contributed by atoms with Crippen LogP contribution in [0.1, 0.15) is 30.7 Å². The largest absolute Gasteiger partial charge is 0.408 e. The first-order valence-corrected chi connectivity index (χ1v) is 7.16. The Hall–Kier alpha value is -1.55. The van der Waals surface area contributed by atoms with Crippen LogP contribution in [0.4, 0.5) is 10.8 Å². The number of benzene rings is 1. The molecule has 1 aliphatic rings. The summed E-state index contributed by atoms with van der Waals surface area (Å²) in [4.78, 5) is 0. The molecule has 4 heteroatoms. The van der Waals surface area contributed by atoms with E-state index in [1.165, 1.54) is 24.8 Å². The van der Waals surface area contributed by atoms with Crippen LogP contribution in [0.15, 0.2) is 46.1 Å². The van der Waals surface area contributed by atoms with Crippen molar-refractivity contribution in [3.05, 3.63) is 41.4 Å². The summed E-state index contributed by atoms with van der Waals surface area (Å²) >= 11 is 1.59. The molecule has 2 aromatic rings. The summed E-state index contributed by atoms with van der Waals surface area (Å²) in [6.07, 6.45) is 6.04. The van der Waals surface area contributed by atoms with Gasteiger partial charge in [0.05, 0.1) is 12.2 Å². The lowest BCUT2D eigenvalue weighted by Gasteiger charge is -2.25. The molecule has 3 nitrogen and oxygen atoms in total. The molecule has 0 amide bonds. The smallest absolute Gasteiger partial charge is 0.222 e. The normalized spacial score (nSPS) is 16.1. The fourth-order valence-electron chi connectivity index (χ4n) is 2.08. The van der Waals surface area contributed by atoms with Gasteiger partial charge in [0.1, 0.15) is 11.9 Å². The maximum absolute atomic E-state index is 4.27. The molecule has 1 heterocycles. The third-order valence-electron chi connectivity index (χ3n) is 3.48. The molecule has 0 unspecified atom stereocenters. The average Bonchev–Trinajstić information content (AvgIpc) is 2.72. The highest BCUT2D eigenvalue weighted by Gasteiger charge is 2.19. The Bertz CT molecular complexity index is 553. The molecular weight excluding hydrogens is 242 g/mol. The average molecular weight is 258 g/mol. The van der Waals surface area contributed by atoms with Crippen LogP contribution in [-0.4, -0.2) is 0 Å². The first-order chi connectivity index (χ1) is 8.83. The molecule has 0 saturated heterocycles. The molecule has 0 radical (unpaired) electrons. The van der Waals surface area contributed by atoms with Crippen LogP contribution in [0.5, 0.6) is 0 Å². The van der Waals surface area contributed by atoms with Crippen LogP contribution < -0.4 is 4.57 Å². The Labute approximate surface area is 111 Å². The van der Waals surface area contributed by atoms with Crippen molar-refractivity contribution in [3.63, 3.8) is 0 Å². The lowest BCUT2D eigenvalue weighted by atomic mass is 9.80. The van der Waals surface area contributed by atoms with Crippen molar-refractivity contribution in [3.8, 4) is 0 Å². The van der Waals surface area contributed by atoms with Crippen molar-refractivity contribution in [2.75, 3.05) is 0 Å². The van der Waals surface area contributed by atoms with E-state index in [4.69, 9.17) is 0 Å². The minimum absolute atomic E-state index is 0.783. The van der Waals surface area contributed by atoms with Crippen LogP contribution in [0.2, 0.25) is 0 Å². The molecule has 0 bridgehead atoms. The van der Waals surface area contributed by atoms with Gasteiger partial charge in [-0.05, 0) is 52.9 Å². The minimum atomic E-state index is 0.783. The summed E-state index contributed by atoms with van der Waals surface area (Å²) in [6, 6.07) is 8.49. The Kier molecular flexibility index (Phi) is 3.19. The fourth-order valence-corrected chi connectivity index (χ4v) is 2.76. The van der Waals surface area contributed by atoms with Crippen LogP contribution in [0, 0.1) is 0 Å². The van der Waals surface area contributed by atoms with Crippen molar-refractivity contribution in [2.24, 2.45) is 17.3 Å². The zero-order valence-electron chi connectivity index (χ0n) is 10.4. The first kappa shape index (κ1) is 11.5. The van der Waals surface area contributed by atoms with E-state index in [9.17, 15) is 0 Å². The van der Waals surface area contributed by atoms with E-state index in [2.05, 4.69) is 34.5 Å². The van der Waals surface area contributed by atoms with Gasteiger partial charge in [-0.1, -0.05) is 18.6 Å². The van der Waals surface area contributed by atoms with Gasteiger partial charge in [0, 0.05) is 5.38 Å². The predicted octanol–water partition coefficient (Wildman–Crippen LogP) is 4.26. The number of rotatable bonds is 3. The molecule has 18 heavy (non-hydrogen) atoms. The minimum Gasteiger partial charge on any atom is -0.222 e. The van der Waals surface area contributed by atoms with Gasteiger partial charge >= 0.3 is 5.13 Å². The van der Waals surface area contributed by atoms with Gasteiger partial charge in [0.15, 0.2) is 0 Å². The van der Waals surface area contributed by atoms with Gasteiger partial charge in [-0.2, -0.15) is 0 Å². The summed E-state index contributed by atoms with van der Waals surface area (Å²) in [5, 5.41) is 11.4. The second-order valence-electron chi connectivity index (χ2n) is 4.72. The predicted molar refractivity (Wildman–Crippen MR) is 72.7 cm³/mol. The summed E-state index contributed by atoms with van der Waals surface area (Å²) < 4.78 is 1.97. The first-order valence-electron chi connectivity index (χ1n) is 6.28. The maximum Gasteiger partial charge on any atom is 0.408 e. The second-order valence-corrected chi connectivity index (χ2v) is 5.59. The van der Waals surface area contributed by atoms with Crippen molar-refractivity contribution < 1.29 is 4.57 Å². The van der Waals surface area contributed by atoms with Crippen LogP contribution >= 0.6 is 11.3 Å². The Morgan fingerprint density at radius 1 is 1.17 bits per heavy atom. The van der Waals surface area contributed by atoms with Gasteiger partial charge in [-0.15, -0.1) is 0 Å². The highest BCUT2D eigenvalue weighted by Crippen LogP contribution is 2.36. The van der Waals surface area contributed by atoms with E-state index < -0.39 is 0 Å². The summed E-state index contributed by atoms with van der Waals surface area (Å²) in [6.45, 7) is 0. The Balaban J connectivity index is 1.73. The lowest BCUT2D eigenvalue weighted by Crippen LogP contribution is -2.23. The molecule has 1 aliphatic carbocycles. The number of hydrogen-bond acceptors (Lipinski definition) is 3. The molecule has 1 saturated carbocycles. The molecule has 1 aromatic heterocycles. The van der Waals surface area contributed by atoms with Crippen LogP contribution in [-0.2, 0) is 7.05 Å². The van der Waals surface area contributed by atoms with Gasteiger partial charge in [-0.25, -0.2) is 4.57 Å². The second kappa shape index (κ2) is 4.98. The summed E-state index contributed by atoms with van der Waals surface area (Å²) in [7, 11) is 1.98. The number of hydrogen-bond donors (Lipinski definition) is 0. The topological polar surface area (TPSA) is 28.6 Å². The molecule has 1 fully saturated rings. The monoisotopic (exact) mass is 258 g/mol. The third kappa shape index (κ3) is 2.34. The standard InChI is InChI=1S/C14H16N3S/c1-17-9-10-18-14(17)16-15-13-7-5-12(6-8-13)11-3-2-4-11/h5-11H,2-4H2,1H3/q+1. The molecule has 0 N–H and O–H groups in total. The maximum atomic E-state index is 4.27. The van der Waals surface area contributed by atoms with Gasteiger partial charge in [-0.3, -0.25) is 0 Å². The molecule has 0 aliphatic heterocycles. The van der Waals surface area contributed by atoms with E-state index in [1.807, 2.05) is 23.2 Å². The number of nitrogens with zero attached hydrogens (tertiary/aromatic N) is 3. The Morgan fingerprint density at radius 2 is 1.94 bits per heavy atom. The zero-order valence-corrected chi connectivity index (χ0v) is 11.2. The number of azo groups is 1. The third-order valence-corrected chi connectivity index (χ3v) is 4.32. The van der Waals surface area contributed by atoms with E-state index in [0.29, 0.717) is 0 Å². The van der Waals surface area contributed by atoms with Gasteiger partial charge in [0.2, 0.25) is 0 Å². The highest BCUT2D eigenvalue weighted by molar-refractivity contribution is 7.12. The van der Waals surface area contributed by atoms with Crippen LogP contribution in [0.25, 0.3) is 0 Å². The summed E-state index contributed by atoms with van der Waals surface area (Å²) in [5.41, 5.74) is 2.37. The van der Waals surface area contributed by atoms with Gasteiger partial charge in [0.25, 0.3) is 0 Å². The van der Waals surface area contributed by atoms with E-state index >= 15 is 0 Å².